The van der Waals surface area contributed by atoms with Gasteiger partial charge in [0.05, 0.1) is 16.9 Å². The van der Waals surface area contributed by atoms with E-state index in [0.29, 0.717) is 36.3 Å². The molecule has 2 aromatic carbocycles. The standard InChI is InChI=1S/C28H28ClF4NO3/c1-15-16(2)20(15)13-21-17(3)18(5-9-27(35)36)4-8-26(21)37-14-25-22(28(31,32)33)10-11-34(25)24-7-6-19(29)12-23(24)30/h4,6-8,10-12,15-16,20H,5,9,13-14H2,1-3H3,(H,35,36)/t15-,16?,20?/m1/s1. The van der Waals surface area contributed by atoms with Gasteiger partial charge in [0.1, 0.15) is 18.2 Å². The molecule has 1 aromatic heterocycles. The van der Waals surface area contributed by atoms with Gasteiger partial charge in [0.15, 0.2) is 0 Å². The summed E-state index contributed by atoms with van der Waals surface area (Å²) in [6, 6.07) is 8.14. The number of carboxylic acid groups (broad SMARTS) is 1. The second-order valence-electron chi connectivity index (χ2n) is 9.73. The minimum Gasteiger partial charge on any atom is -0.487 e. The van der Waals surface area contributed by atoms with Crippen LogP contribution < -0.4 is 4.74 Å². The Bertz CT molecular complexity index is 1310. The van der Waals surface area contributed by atoms with Gasteiger partial charge in [-0.3, -0.25) is 4.79 Å². The highest BCUT2D eigenvalue weighted by atomic mass is 35.5. The van der Waals surface area contributed by atoms with Crippen LogP contribution in [0.2, 0.25) is 5.02 Å². The fourth-order valence-electron chi connectivity index (χ4n) is 4.97. The van der Waals surface area contributed by atoms with E-state index < -0.39 is 30.1 Å². The average molecular weight is 538 g/mol. The molecule has 1 fully saturated rings. The number of nitrogens with zero attached hydrogens (tertiary/aromatic N) is 1. The predicted molar refractivity (Wildman–Crippen MR) is 133 cm³/mol. The number of aliphatic carboxylic acids is 1. The summed E-state index contributed by atoms with van der Waals surface area (Å²) in [5.74, 6) is 0.220. The average Bonchev–Trinajstić information content (AvgIpc) is 3.17. The molecule has 3 aromatic rings. The highest BCUT2D eigenvalue weighted by molar-refractivity contribution is 6.30. The number of halogens is 5. The smallest absolute Gasteiger partial charge is 0.418 e. The Balaban J connectivity index is 1.70. The highest BCUT2D eigenvalue weighted by Crippen LogP contribution is 2.49. The normalized spacial score (nSPS) is 19.2. The largest absolute Gasteiger partial charge is 0.487 e. The lowest BCUT2D eigenvalue weighted by Gasteiger charge is -2.19. The van der Waals surface area contributed by atoms with Gasteiger partial charge in [-0.05, 0) is 84.5 Å². The van der Waals surface area contributed by atoms with Crippen LogP contribution in [0.15, 0.2) is 42.6 Å². The zero-order valence-electron chi connectivity index (χ0n) is 20.7. The molecule has 0 radical (unpaired) electrons. The van der Waals surface area contributed by atoms with Crippen LogP contribution in [-0.2, 0) is 30.4 Å². The molecule has 1 aliphatic carbocycles. The number of benzene rings is 2. The number of rotatable bonds is 9. The van der Waals surface area contributed by atoms with Crippen molar-refractivity contribution < 1.29 is 32.2 Å². The van der Waals surface area contributed by atoms with E-state index in [0.717, 1.165) is 33.4 Å². The molecule has 3 atom stereocenters. The van der Waals surface area contributed by atoms with E-state index in [1.165, 1.54) is 18.3 Å². The molecule has 4 rings (SSSR count). The van der Waals surface area contributed by atoms with Gasteiger partial charge < -0.3 is 14.4 Å². The molecule has 0 spiro atoms. The van der Waals surface area contributed by atoms with Crippen LogP contribution in [0.5, 0.6) is 5.75 Å². The molecule has 1 saturated carbocycles. The molecule has 198 valence electrons. The number of aryl methyl sites for hydroxylation is 1. The summed E-state index contributed by atoms with van der Waals surface area (Å²) in [5.41, 5.74) is 1.41. The molecular formula is C28H28ClF4NO3. The Morgan fingerprint density at radius 3 is 2.43 bits per heavy atom. The van der Waals surface area contributed by atoms with Crippen LogP contribution in [0.25, 0.3) is 5.69 Å². The third-order valence-corrected chi connectivity index (χ3v) is 7.82. The fourth-order valence-corrected chi connectivity index (χ4v) is 5.13. The van der Waals surface area contributed by atoms with Crippen LogP contribution in [0.1, 0.15) is 48.2 Å². The minimum atomic E-state index is -4.66. The monoisotopic (exact) mass is 537 g/mol. The van der Waals surface area contributed by atoms with E-state index in [-0.39, 0.29) is 22.8 Å². The maximum Gasteiger partial charge on any atom is 0.418 e. The van der Waals surface area contributed by atoms with Crippen LogP contribution in [-0.4, -0.2) is 15.6 Å². The van der Waals surface area contributed by atoms with Crippen molar-refractivity contribution in [2.75, 3.05) is 0 Å². The minimum absolute atomic E-state index is 0.0220. The molecule has 4 nitrogen and oxygen atoms in total. The first kappa shape index (κ1) is 27.0. The molecule has 0 aliphatic heterocycles. The summed E-state index contributed by atoms with van der Waals surface area (Å²) in [6.45, 7) is 5.76. The van der Waals surface area contributed by atoms with Crippen molar-refractivity contribution in [3.63, 3.8) is 0 Å². The van der Waals surface area contributed by atoms with Crippen molar-refractivity contribution in [1.82, 2.24) is 4.57 Å². The maximum atomic E-state index is 14.6. The molecule has 1 N–H and O–H groups in total. The summed E-state index contributed by atoms with van der Waals surface area (Å²) in [5, 5.41) is 9.23. The first-order valence-corrected chi connectivity index (χ1v) is 12.4. The van der Waals surface area contributed by atoms with Gasteiger partial charge in [-0.15, -0.1) is 0 Å². The lowest BCUT2D eigenvalue weighted by atomic mass is 9.94. The summed E-state index contributed by atoms with van der Waals surface area (Å²) < 4.78 is 63.3. The highest BCUT2D eigenvalue weighted by Gasteiger charge is 2.43. The number of hydrogen-bond donors (Lipinski definition) is 1. The molecule has 1 heterocycles. The predicted octanol–water partition coefficient (Wildman–Crippen LogP) is 7.64. The summed E-state index contributed by atoms with van der Waals surface area (Å²) in [6.07, 6.45) is -2.48. The van der Waals surface area contributed by atoms with Crippen molar-refractivity contribution in [2.24, 2.45) is 17.8 Å². The molecule has 9 heteroatoms. The summed E-state index contributed by atoms with van der Waals surface area (Å²) in [4.78, 5) is 11.1. The molecule has 1 aliphatic rings. The Labute approximate surface area is 217 Å². The van der Waals surface area contributed by atoms with Crippen molar-refractivity contribution in [3.8, 4) is 11.4 Å². The Morgan fingerprint density at radius 1 is 1.14 bits per heavy atom. The van der Waals surface area contributed by atoms with Crippen molar-refractivity contribution in [1.29, 1.82) is 0 Å². The van der Waals surface area contributed by atoms with Gasteiger partial charge in [-0.25, -0.2) is 4.39 Å². The van der Waals surface area contributed by atoms with Gasteiger partial charge in [0.2, 0.25) is 0 Å². The first-order valence-electron chi connectivity index (χ1n) is 12.1. The van der Waals surface area contributed by atoms with Gasteiger partial charge in [0.25, 0.3) is 0 Å². The van der Waals surface area contributed by atoms with Crippen molar-refractivity contribution in [3.05, 3.63) is 81.4 Å². The number of hydrogen-bond acceptors (Lipinski definition) is 2. The SMILES string of the molecule is Cc1c(CCC(=O)O)ccc(OCc2c(C(F)(F)F)ccn2-c2ccc(Cl)cc2F)c1CC1C(C)[C@H]1C. The third kappa shape index (κ3) is 5.79. The summed E-state index contributed by atoms with van der Waals surface area (Å²) >= 11 is 5.83. The van der Waals surface area contributed by atoms with Crippen LogP contribution in [0, 0.1) is 30.5 Å². The van der Waals surface area contributed by atoms with E-state index in [9.17, 15) is 22.4 Å². The third-order valence-electron chi connectivity index (χ3n) is 7.59. The molecule has 2 unspecified atom stereocenters. The Morgan fingerprint density at radius 2 is 1.84 bits per heavy atom. The first-order chi connectivity index (χ1) is 17.4. The molecule has 0 bridgehead atoms. The van der Waals surface area contributed by atoms with Gasteiger partial charge >= 0.3 is 12.1 Å². The number of alkyl halides is 3. The van der Waals surface area contributed by atoms with E-state index in [1.807, 2.05) is 6.92 Å². The molecule has 0 saturated heterocycles. The molecule has 0 amide bonds. The fraction of sp³-hybridized carbons (Fsp3) is 0.393. The van der Waals surface area contributed by atoms with Gasteiger partial charge in [-0.1, -0.05) is 31.5 Å². The zero-order chi connectivity index (χ0) is 27.1. The number of carbonyl (C=O) groups is 1. The van der Waals surface area contributed by atoms with Crippen LogP contribution in [0.4, 0.5) is 17.6 Å². The number of ether oxygens (including phenoxy) is 1. The van der Waals surface area contributed by atoms with Crippen LogP contribution >= 0.6 is 11.6 Å². The lowest BCUT2D eigenvalue weighted by molar-refractivity contribution is -0.139. The quantitative estimate of drug-likeness (QED) is 0.285. The Kier molecular flexibility index (Phi) is 7.60. The van der Waals surface area contributed by atoms with E-state index >= 15 is 0 Å². The van der Waals surface area contributed by atoms with E-state index in [1.54, 1.807) is 12.1 Å². The van der Waals surface area contributed by atoms with E-state index in [2.05, 4.69) is 13.8 Å². The number of aromatic nitrogens is 1. The van der Waals surface area contributed by atoms with E-state index in [4.69, 9.17) is 21.4 Å². The second-order valence-corrected chi connectivity index (χ2v) is 10.2. The molecular weight excluding hydrogens is 510 g/mol. The van der Waals surface area contributed by atoms with Gasteiger partial charge in [0, 0.05) is 17.6 Å². The Hall–Kier alpha value is -3.00. The zero-order valence-corrected chi connectivity index (χ0v) is 21.5. The summed E-state index contributed by atoms with van der Waals surface area (Å²) in [7, 11) is 0. The van der Waals surface area contributed by atoms with Crippen molar-refractivity contribution in [2.45, 2.75) is 52.8 Å². The molecule has 37 heavy (non-hydrogen) atoms. The lowest BCUT2D eigenvalue weighted by Crippen LogP contribution is -2.14. The topological polar surface area (TPSA) is 51.5 Å². The van der Waals surface area contributed by atoms with Crippen LogP contribution in [0.3, 0.4) is 0 Å². The number of carboxylic acids is 1. The van der Waals surface area contributed by atoms with Gasteiger partial charge in [-0.2, -0.15) is 13.2 Å². The van der Waals surface area contributed by atoms with Crippen molar-refractivity contribution >= 4 is 17.6 Å². The second kappa shape index (κ2) is 10.4. The maximum absolute atomic E-state index is 14.6.